The van der Waals surface area contributed by atoms with Crippen LogP contribution < -0.4 is 21.5 Å². The van der Waals surface area contributed by atoms with E-state index in [0.717, 1.165) is 24.2 Å². The summed E-state index contributed by atoms with van der Waals surface area (Å²) in [7, 11) is 0. The second-order valence-corrected chi connectivity index (χ2v) is 16.3. The number of benzene rings is 2. The number of nitrogens with one attached hydrogen (secondary N) is 4. The molecule has 17 nitrogen and oxygen atoms in total. The third kappa shape index (κ3) is 13.9. The lowest BCUT2D eigenvalue weighted by Crippen LogP contribution is -2.52. The first-order chi connectivity index (χ1) is 30.2. The van der Waals surface area contributed by atoms with E-state index in [2.05, 4.69) is 31.1 Å². The number of fused-ring (bicyclic) bond motifs is 1. The summed E-state index contributed by atoms with van der Waals surface area (Å²) in [6.45, 7) is 13.9. The molecule has 5 amide bonds. The zero-order valence-electron chi connectivity index (χ0n) is 36.6. The number of ether oxygens (including phenoxy) is 2. The number of amides is 5. The molecule has 4 heterocycles. The van der Waals surface area contributed by atoms with Crippen molar-refractivity contribution in [2.75, 3.05) is 77.4 Å². The lowest BCUT2D eigenvalue weighted by Gasteiger charge is -2.35. The Bertz CT molecular complexity index is 2290. The molecule has 0 aliphatic carbocycles. The first-order valence-corrected chi connectivity index (χ1v) is 21.2. The van der Waals surface area contributed by atoms with Crippen LogP contribution in [0.15, 0.2) is 59.5 Å². The Balaban J connectivity index is 0.000000267. The van der Waals surface area contributed by atoms with Crippen molar-refractivity contribution in [1.29, 1.82) is 0 Å². The zero-order valence-corrected chi connectivity index (χ0v) is 36.6. The normalized spacial score (nSPS) is 15.4. The summed E-state index contributed by atoms with van der Waals surface area (Å²) >= 11 is 0. The molecule has 0 bridgehead atoms. The average Bonchev–Trinajstić information content (AvgIpc) is 3.26. The highest BCUT2D eigenvalue weighted by Gasteiger charge is 2.28. The van der Waals surface area contributed by atoms with Gasteiger partial charge in [0.25, 0.3) is 11.5 Å². The maximum Gasteiger partial charge on any atom is 0.412 e. The van der Waals surface area contributed by atoms with Crippen molar-refractivity contribution in [3.05, 3.63) is 99.0 Å². The number of piperidine rings is 1. The molecule has 2 aromatic carbocycles. The predicted octanol–water partition coefficient (Wildman–Crippen LogP) is 3.75. The van der Waals surface area contributed by atoms with Gasteiger partial charge in [0.05, 0.1) is 47.8 Å². The number of nitrogens with zero attached hydrogens (tertiary/aromatic N) is 5. The molecular formula is C45H58FN9O8. The van der Waals surface area contributed by atoms with Gasteiger partial charge in [0.2, 0.25) is 18.2 Å². The highest BCUT2D eigenvalue weighted by Crippen LogP contribution is 2.30. The summed E-state index contributed by atoms with van der Waals surface area (Å²) in [5.41, 5.74) is 2.88. The molecule has 6 rings (SSSR count). The molecule has 18 heteroatoms. The number of piperazine rings is 1. The van der Waals surface area contributed by atoms with Gasteiger partial charge in [-0.25, -0.2) is 14.3 Å². The Kier molecular flexibility index (Phi) is 17.2. The van der Waals surface area contributed by atoms with Crippen LogP contribution in [0.1, 0.15) is 79.3 Å². The first kappa shape index (κ1) is 47.8. The van der Waals surface area contributed by atoms with E-state index in [1.54, 1.807) is 28.0 Å². The zero-order chi connectivity index (χ0) is 45.5. The number of carbonyl (C=O) groups excluding carboxylic acids is 5. The number of anilines is 1. The topological polar surface area (TPSA) is 208 Å². The van der Waals surface area contributed by atoms with Crippen molar-refractivity contribution >= 4 is 46.7 Å². The van der Waals surface area contributed by atoms with Crippen LogP contribution in [-0.2, 0) is 30.3 Å². The number of aromatic amines is 1. The number of aromatic nitrogens is 3. The average molecular weight is 872 g/mol. The number of hydrogen-bond acceptors (Lipinski definition) is 11. The Morgan fingerprint density at radius 1 is 0.984 bits per heavy atom. The van der Waals surface area contributed by atoms with Crippen LogP contribution in [0.25, 0.3) is 10.8 Å². The van der Waals surface area contributed by atoms with Crippen molar-refractivity contribution in [2.24, 2.45) is 0 Å². The van der Waals surface area contributed by atoms with Gasteiger partial charge in [0, 0.05) is 82.7 Å². The Morgan fingerprint density at radius 3 is 2.41 bits per heavy atom. The van der Waals surface area contributed by atoms with Gasteiger partial charge >= 0.3 is 6.09 Å². The molecule has 338 valence electrons. The molecule has 2 aromatic heterocycles. The lowest BCUT2D eigenvalue weighted by molar-refractivity contribution is -0.133. The minimum Gasteiger partial charge on any atom is -0.444 e. The second-order valence-electron chi connectivity index (χ2n) is 16.3. The van der Waals surface area contributed by atoms with Gasteiger partial charge in [0.15, 0.2) is 0 Å². The van der Waals surface area contributed by atoms with Crippen LogP contribution in [-0.4, -0.2) is 138 Å². The Hall–Kier alpha value is -6.27. The highest BCUT2D eigenvalue weighted by atomic mass is 19.1. The van der Waals surface area contributed by atoms with Gasteiger partial charge in [-0.05, 0) is 76.4 Å². The van der Waals surface area contributed by atoms with Gasteiger partial charge < -0.3 is 34.8 Å². The number of pyridine rings is 1. The molecule has 2 saturated heterocycles. The quantitative estimate of drug-likeness (QED) is 0.1000. The predicted molar refractivity (Wildman–Crippen MR) is 235 cm³/mol. The molecule has 4 N–H and O–H groups in total. The van der Waals surface area contributed by atoms with Gasteiger partial charge in [-0.1, -0.05) is 24.3 Å². The molecule has 0 saturated carbocycles. The molecule has 2 aliphatic heterocycles. The number of likely N-dealkylation sites (N-methyl/N-ethyl adjacent to an activating group) is 1. The first-order valence-electron chi connectivity index (χ1n) is 21.2. The maximum atomic E-state index is 14.7. The molecule has 1 unspecified atom stereocenters. The van der Waals surface area contributed by atoms with E-state index in [1.165, 1.54) is 12.1 Å². The van der Waals surface area contributed by atoms with Crippen LogP contribution in [0.5, 0.6) is 0 Å². The maximum absolute atomic E-state index is 14.7. The molecule has 2 aliphatic rings. The number of halogens is 1. The minimum absolute atomic E-state index is 0.0361. The smallest absolute Gasteiger partial charge is 0.412 e. The fourth-order valence-corrected chi connectivity index (χ4v) is 7.22. The van der Waals surface area contributed by atoms with Gasteiger partial charge in [-0.2, -0.15) is 5.10 Å². The molecular weight excluding hydrogens is 814 g/mol. The van der Waals surface area contributed by atoms with E-state index in [-0.39, 0.29) is 35.4 Å². The summed E-state index contributed by atoms with van der Waals surface area (Å²) in [6.07, 6.45) is 3.64. The van der Waals surface area contributed by atoms with E-state index in [4.69, 9.17) is 9.47 Å². The van der Waals surface area contributed by atoms with Crippen molar-refractivity contribution in [2.45, 2.75) is 65.4 Å². The standard InChI is InChI=1S/C27H31FN6O5.C18H27N3O3/c28-23-6-5-19(16-24-20-3-1-2-4-21(20)26(37)32-31-24)15-22(23)27(38)34-11-9-33(10-12-34)25(36)17-29-7-13-39-14-8-30-18-35;1-6-21-11-13(7-8-16(21)22)14-9-15(12(2)19-10-14)20-17(23)24-18(3,4)5/h1-6,15,18,29H,7-14,16-17H2,(H,30,35)(H,32,37);9-10,13H,6-8,11H2,1-5H3,(H,20,23). The number of likely N-dealkylation sites (tertiary alicyclic amines) is 1. The van der Waals surface area contributed by atoms with E-state index in [0.29, 0.717) is 106 Å². The largest absolute Gasteiger partial charge is 0.444 e. The van der Waals surface area contributed by atoms with Gasteiger partial charge in [-0.3, -0.25) is 34.3 Å². The van der Waals surface area contributed by atoms with Crippen LogP contribution in [0.3, 0.4) is 0 Å². The van der Waals surface area contributed by atoms with Crippen molar-refractivity contribution in [3.8, 4) is 0 Å². The molecule has 0 spiro atoms. The number of H-pyrrole nitrogens is 1. The summed E-state index contributed by atoms with van der Waals surface area (Å²) in [5, 5.41) is 16.2. The second kappa shape index (κ2) is 22.7. The summed E-state index contributed by atoms with van der Waals surface area (Å²) in [4.78, 5) is 81.2. The molecule has 2 fully saturated rings. The molecule has 4 aromatic rings. The highest BCUT2D eigenvalue weighted by molar-refractivity contribution is 5.95. The van der Waals surface area contributed by atoms with Gasteiger partial charge in [0.1, 0.15) is 11.4 Å². The number of rotatable bonds is 15. The fraction of sp³-hybridized carbons (Fsp3) is 0.467. The van der Waals surface area contributed by atoms with Crippen molar-refractivity contribution in [1.82, 2.24) is 40.5 Å². The lowest BCUT2D eigenvalue weighted by atomic mass is 9.91. The van der Waals surface area contributed by atoms with Crippen molar-refractivity contribution in [3.63, 3.8) is 0 Å². The third-order valence-corrected chi connectivity index (χ3v) is 10.6. The van der Waals surface area contributed by atoms with E-state index >= 15 is 0 Å². The monoisotopic (exact) mass is 871 g/mol. The van der Waals surface area contributed by atoms with E-state index < -0.39 is 23.4 Å². The summed E-state index contributed by atoms with van der Waals surface area (Å²) in [5.74, 6) is -0.677. The SMILES string of the molecule is CCN1CC(c2cnc(C)c(NC(=O)OC(C)(C)C)c2)CCC1=O.O=CNCCOCCNCC(=O)N1CCN(C(=O)c2cc(Cc3n[nH]c(=O)c4ccccc34)ccc2F)CC1. The molecule has 1 atom stereocenters. The third-order valence-electron chi connectivity index (χ3n) is 10.6. The van der Waals surface area contributed by atoms with E-state index in [9.17, 15) is 33.2 Å². The molecule has 63 heavy (non-hydrogen) atoms. The van der Waals surface area contributed by atoms with Crippen molar-refractivity contribution < 1.29 is 37.8 Å². The van der Waals surface area contributed by atoms with Crippen LogP contribution in [0.2, 0.25) is 0 Å². The number of carbonyl (C=O) groups is 5. The Labute approximate surface area is 366 Å². The van der Waals surface area contributed by atoms with Crippen LogP contribution in [0.4, 0.5) is 14.9 Å². The summed E-state index contributed by atoms with van der Waals surface area (Å²) < 4.78 is 25.3. The minimum atomic E-state index is -0.616. The number of hydrogen-bond donors (Lipinski definition) is 4. The molecule has 0 radical (unpaired) electrons. The van der Waals surface area contributed by atoms with Gasteiger partial charge in [-0.15, -0.1) is 0 Å². The van der Waals surface area contributed by atoms with Crippen LogP contribution >= 0.6 is 0 Å². The van der Waals surface area contributed by atoms with Crippen LogP contribution in [0, 0.1) is 12.7 Å². The number of aryl methyl sites for hydroxylation is 1. The van der Waals surface area contributed by atoms with E-state index in [1.807, 2.05) is 63.9 Å². The Morgan fingerprint density at radius 2 is 1.70 bits per heavy atom. The summed E-state index contributed by atoms with van der Waals surface area (Å²) in [6, 6.07) is 13.5. The fourth-order valence-electron chi connectivity index (χ4n) is 7.22.